The molecule has 1 N–H and O–H groups in total. The normalized spacial score (nSPS) is 23.6. The van der Waals surface area contributed by atoms with Crippen LogP contribution in [0.1, 0.15) is 17.0 Å². The van der Waals surface area contributed by atoms with E-state index < -0.39 is 34.3 Å². The van der Waals surface area contributed by atoms with Crippen molar-refractivity contribution in [3.05, 3.63) is 34.3 Å². The molecule has 1 fully saturated rings. The van der Waals surface area contributed by atoms with E-state index >= 15 is 0 Å². The van der Waals surface area contributed by atoms with Crippen LogP contribution in [0.5, 0.6) is 0 Å². The highest BCUT2D eigenvalue weighted by Gasteiger charge is 2.42. The number of benzene rings is 1. The number of alkyl halides is 4. The van der Waals surface area contributed by atoms with Crippen LogP contribution < -0.4 is 5.32 Å². The predicted molar refractivity (Wildman–Crippen MR) is 65.1 cm³/mol. The number of amides is 2. The second-order valence-corrected chi connectivity index (χ2v) is 5.36. The van der Waals surface area contributed by atoms with Gasteiger partial charge in [-0.15, -0.1) is 0 Å². The third-order valence-corrected chi connectivity index (χ3v) is 4.01. The molecule has 1 aliphatic heterocycles. The fraction of sp³-hybridized carbons (Fsp3) is 0.273. The molecule has 3 nitrogen and oxygen atoms in total. The van der Waals surface area contributed by atoms with Gasteiger partial charge in [0.15, 0.2) is 0 Å². The van der Waals surface area contributed by atoms with Gasteiger partial charge >= 0.3 is 6.18 Å². The maximum absolute atomic E-state index is 12.5. The molecule has 1 saturated heterocycles. The zero-order valence-electron chi connectivity index (χ0n) is 9.09. The minimum Gasteiger partial charge on any atom is -0.295 e. The summed E-state index contributed by atoms with van der Waals surface area (Å²) in [7, 11) is 0. The SMILES string of the molecule is O=C1NC(=O)C(c2ccc(C(F)(F)F)cc2Cl)C1Br. The lowest BCUT2D eigenvalue weighted by Crippen LogP contribution is -2.22. The molecule has 102 valence electrons. The van der Waals surface area contributed by atoms with Gasteiger partial charge in [-0.3, -0.25) is 14.9 Å². The smallest absolute Gasteiger partial charge is 0.295 e. The van der Waals surface area contributed by atoms with Crippen LogP contribution in [0.4, 0.5) is 13.2 Å². The number of carbonyl (C=O) groups excluding carboxylic acids is 2. The van der Waals surface area contributed by atoms with Gasteiger partial charge in [-0.1, -0.05) is 33.6 Å². The second-order valence-electron chi connectivity index (χ2n) is 3.97. The van der Waals surface area contributed by atoms with Crippen LogP contribution >= 0.6 is 27.5 Å². The molecular formula is C11H6BrClF3NO2. The van der Waals surface area contributed by atoms with E-state index in [1.54, 1.807) is 0 Å². The molecule has 2 unspecified atom stereocenters. The van der Waals surface area contributed by atoms with E-state index in [1.807, 2.05) is 0 Å². The molecule has 0 aromatic heterocycles. The van der Waals surface area contributed by atoms with Crippen molar-refractivity contribution in [2.75, 3.05) is 0 Å². The van der Waals surface area contributed by atoms with Gasteiger partial charge in [-0.25, -0.2) is 0 Å². The third kappa shape index (κ3) is 2.62. The van der Waals surface area contributed by atoms with Crippen molar-refractivity contribution in [3.8, 4) is 0 Å². The lowest BCUT2D eigenvalue weighted by Gasteiger charge is -2.14. The number of hydrogen-bond acceptors (Lipinski definition) is 2. The summed E-state index contributed by atoms with van der Waals surface area (Å²) >= 11 is 8.81. The van der Waals surface area contributed by atoms with Crippen LogP contribution in [0, 0.1) is 0 Å². The number of rotatable bonds is 1. The number of hydrogen-bond donors (Lipinski definition) is 1. The quantitative estimate of drug-likeness (QED) is 0.621. The monoisotopic (exact) mass is 355 g/mol. The molecular weight excluding hydrogens is 350 g/mol. The zero-order valence-corrected chi connectivity index (χ0v) is 11.4. The summed E-state index contributed by atoms with van der Waals surface area (Å²) < 4.78 is 37.5. The van der Waals surface area contributed by atoms with Crippen LogP contribution in [-0.2, 0) is 15.8 Å². The number of halogens is 5. The fourth-order valence-electron chi connectivity index (χ4n) is 1.81. The molecule has 19 heavy (non-hydrogen) atoms. The number of nitrogens with one attached hydrogen (secondary N) is 1. The highest BCUT2D eigenvalue weighted by atomic mass is 79.9. The highest BCUT2D eigenvalue weighted by molar-refractivity contribution is 9.10. The Balaban J connectivity index is 2.42. The summed E-state index contributed by atoms with van der Waals surface area (Å²) in [5, 5.41) is 1.88. The molecule has 2 amide bonds. The highest BCUT2D eigenvalue weighted by Crippen LogP contribution is 2.38. The van der Waals surface area contributed by atoms with Crippen molar-refractivity contribution >= 4 is 39.3 Å². The van der Waals surface area contributed by atoms with Crippen molar-refractivity contribution in [1.82, 2.24) is 5.32 Å². The van der Waals surface area contributed by atoms with Crippen LogP contribution in [-0.4, -0.2) is 16.6 Å². The van der Waals surface area contributed by atoms with Gasteiger partial charge in [0.2, 0.25) is 11.8 Å². The van der Waals surface area contributed by atoms with Gasteiger partial charge in [-0.2, -0.15) is 13.2 Å². The second kappa shape index (κ2) is 4.79. The van der Waals surface area contributed by atoms with E-state index in [1.165, 1.54) is 0 Å². The average molecular weight is 357 g/mol. The largest absolute Gasteiger partial charge is 0.416 e. The van der Waals surface area contributed by atoms with Gasteiger partial charge < -0.3 is 0 Å². The van der Waals surface area contributed by atoms with E-state index in [9.17, 15) is 22.8 Å². The Hall–Kier alpha value is -1.08. The van der Waals surface area contributed by atoms with Gasteiger partial charge in [-0.05, 0) is 17.7 Å². The standard InChI is InChI=1S/C11H6BrClF3NO2/c12-8-7(9(18)17-10(8)19)5-2-1-4(3-6(5)13)11(14,15)16/h1-3,7-8H,(H,17,18,19). The average Bonchev–Trinajstić information content (AvgIpc) is 2.53. The minimum absolute atomic E-state index is 0.180. The molecule has 8 heteroatoms. The summed E-state index contributed by atoms with van der Waals surface area (Å²) in [6.07, 6.45) is -4.51. The zero-order chi connectivity index (χ0) is 14.4. The molecule has 1 heterocycles. The van der Waals surface area contributed by atoms with Crippen molar-refractivity contribution in [1.29, 1.82) is 0 Å². The molecule has 2 rings (SSSR count). The summed E-state index contributed by atoms with van der Waals surface area (Å²) in [5.74, 6) is -2.05. The molecule has 0 bridgehead atoms. The summed E-state index contributed by atoms with van der Waals surface area (Å²) in [6, 6.07) is 2.69. The summed E-state index contributed by atoms with van der Waals surface area (Å²) in [4.78, 5) is 22.1. The van der Waals surface area contributed by atoms with Crippen LogP contribution in [0.15, 0.2) is 18.2 Å². The van der Waals surface area contributed by atoms with Gasteiger partial charge in [0.25, 0.3) is 0 Å². The van der Waals surface area contributed by atoms with Gasteiger partial charge in [0.05, 0.1) is 11.5 Å². The molecule has 2 atom stereocenters. The molecule has 0 aliphatic carbocycles. The number of carbonyl (C=O) groups is 2. The molecule has 1 aromatic rings. The predicted octanol–water partition coefficient (Wildman–Crippen LogP) is 2.86. The van der Waals surface area contributed by atoms with Gasteiger partial charge in [0.1, 0.15) is 4.83 Å². The van der Waals surface area contributed by atoms with Crippen LogP contribution in [0.3, 0.4) is 0 Å². The van der Waals surface area contributed by atoms with Crippen molar-refractivity contribution in [3.63, 3.8) is 0 Å². The molecule has 1 aromatic carbocycles. The third-order valence-electron chi connectivity index (χ3n) is 2.73. The Morgan fingerprint density at radius 2 is 1.84 bits per heavy atom. The summed E-state index contributed by atoms with van der Waals surface area (Å²) in [6.45, 7) is 0. The maximum Gasteiger partial charge on any atom is 0.416 e. The van der Waals surface area contributed by atoms with E-state index in [-0.39, 0.29) is 10.6 Å². The first-order valence-electron chi connectivity index (χ1n) is 5.07. The molecule has 1 aliphatic rings. The Bertz CT molecular complexity index is 561. The van der Waals surface area contributed by atoms with E-state index in [0.29, 0.717) is 0 Å². The lowest BCUT2D eigenvalue weighted by atomic mass is 9.96. The van der Waals surface area contributed by atoms with E-state index in [4.69, 9.17) is 11.6 Å². The molecule has 0 saturated carbocycles. The summed E-state index contributed by atoms with van der Waals surface area (Å²) in [5.41, 5.74) is -0.725. The van der Waals surface area contributed by atoms with Crippen molar-refractivity contribution in [2.24, 2.45) is 0 Å². The first-order valence-corrected chi connectivity index (χ1v) is 6.36. The first-order chi connectivity index (χ1) is 8.71. The maximum atomic E-state index is 12.5. The fourth-order valence-corrected chi connectivity index (χ4v) is 2.74. The molecule has 0 spiro atoms. The Kier molecular flexibility index (Phi) is 3.61. The Morgan fingerprint density at radius 3 is 2.26 bits per heavy atom. The number of imide groups is 1. The first kappa shape index (κ1) is 14.3. The van der Waals surface area contributed by atoms with E-state index in [0.717, 1.165) is 18.2 Å². The minimum atomic E-state index is -4.51. The van der Waals surface area contributed by atoms with Crippen LogP contribution in [0.25, 0.3) is 0 Å². The van der Waals surface area contributed by atoms with Crippen molar-refractivity contribution in [2.45, 2.75) is 16.9 Å². The van der Waals surface area contributed by atoms with E-state index in [2.05, 4.69) is 21.2 Å². The lowest BCUT2D eigenvalue weighted by molar-refractivity contribution is -0.137. The van der Waals surface area contributed by atoms with Gasteiger partial charge in [0, 0.05) is 5.02 Å². The molecule has 0 radical (unpaired) electrons. The Labute approximate surface area is 119 Å². The topological polar surface area (TPSA) is 46.2 Å². The Morgan fingerprint density at radius 1 is 1.21 bits per heavy atom. The van der Waals surface area contributed by atoms with Crippen molar-refractivity contribution < 1.29 is 22.8 Å². The van der Waals surface area contributed by atoms with Crippen LogP contribution in [0.2, 0.25) is 5.02 Å².